The van der Waals surface area contributed by atoms with E-state index in [9.17, 15) is 5.26 Å². The molecule has 1 aliphatic rings. The van der Waals surface area contributed by atoms with Gasteiger partial charge >= 0.3 is 0 Å². The summed E-state index contributed by atoms with van der Waals surface area (Å²) in [5, 5.41) is 15.3. The lowest BCUT2D eigenvalue weighted by Gasteiger charge is -2.17. The molecular formula is C23H20N6O2. The highest BCUT2D eigenvalue weighted by molar-refractivity contribution is 5.91. The van der Waals surface area contributed by atoms with E-state index < -0.39 is 0 Å². The van der Waals surface area contributed by atoms with Crippen LogP contribution in [0.4, 0.5) is 5.69 Å². The van der Waals surface area contributed by atoms with Gasteiger partial charge in [-0.15, -0.1) is 0 Å². The van der Waals surface area contributed by atoms with E-state index in [4.69, 9.17) is 20.3 Å². The number of benzene rings is 2. The number of nitrogens with two attached hydrogens (primary N) is 1. The summed E-state index contributed by atoms with van der Waals surface area (Å²) in [6.07, 6.45) is 4.82. The summed E-state index contributed by atoms with van der Waals surface area (Å²) < 4.78 is 12.9. The van der Waals surface area contributed by atoms with Crippen molar-refractivity contribution >= 4 is 16.7 Å². The fourth-order valence-corrected chi connectivity index (χ4v) is 4.41. The monoisotopic (exact) mass is 412 g/mol. The number of hydrogen-bond acceptors (Lipinski definition) is 7. The first-order valence-electron chi connectivity index (χ1n) is 9.85. The molecule has 8 heteroatoms. The minimum Gasteiger partial charge on any atom is -0.493 e. The summed E-state index contributed by atoms with van der Waals surface area (Å²) in [6.45, 7) is 0. The Morgan fingerprint density at radius 1 is 1.19 bits per heavy atom. The summed E-state index contributed by atoms with van der Waals surface area (Å²) in [6, 6.07) is 11.9. The Bertz CT molecular complexity index is 1350. The van der Waals surface area contributed by atoms with Gasteiger partial charge in [0.15, 0.2) is 17.1 Å². The molecule has 1 aliphatic carbocycles. The second-order valence-corrected chi connectivity index (χ2v) is 7.47. The number of fused-ring (bicyclic) bond motifs is 2. The lowest BCUT2D eigenvalue weighted by Crippen LogP contribution is -2.12. The molecule has 1 unspecified atom stereocenters. The number of ether oxygens (including phenoxy) is 2. The Morgan fingerprint density at radius 3 is 2.81 bits per heavy atom. The van der Waals surface area contributed by atoms with Crippen LogP contribution in [-0.2, 0) is 12.8 Å². The van der Waals surface area contributed by atoms with Crippen LogP contribution in [0.5, 0.6) is 11.5 Å². The molecule has 0 bridgehead atoms. The maximum atomic E-state index is 9.69. The largest absolute Gasteiger partial charge is 0.493 e. The molecule has 2 aromatic heterocycles. The van der Waals surface area contributed by atoms with E-state index in [1.54, 1.807) is 19.4 Å². The fourth-order valence-electron chi connectivity index (χ4n) is 4.41. The molecule has 0 aliphatic heterocycles. The van der Waals surface area contributed by atoms with Gasteiger partial charge in [0.05, 0.1) is 36.9 Å². The average molecular weight is 412 g/mol. The molecule has 0 saturated carbocycles. The van der Waals surface area contributed by atoms with E-state index in [0.717, 1.165) is 40.7 Å². The third kappa shape index (κ3) is 2.94. The van der Waals surface area contributed by atoms with E-state index in [2.05, 4.69) is 22.1 Å². The first-order chi connectivity index (χ1) is 15.1. The molecule has 0 amide bonds. The number of rotatable bonds is 4. The number of anilines is 1. The summed E-state index contributed by atoms with van der Waals surface area (Å²) in [5.41, 5.74) is 12.0. The van der Waals surface area contributed by atoms with Crippen molar-refractivity contribution in [3.05, 3.63) is 59.5 Å². The van der Waals surface area contributed by atoms with Crippen molar-refractivity contribution in [2.45, 2.75) is 18.9 Å². The van der Waals surface area contributed by atoms with Gasteiger partial charge in [0.2, 0.25) is 0 Å². The quantitative estimate of drug-likeness (QED) is 0.512. The van der Waals surface area contributed by atoms with Gasteiger partial charge in [-0.1, -0.05) is 12.1 Å². The third-order valence-corrected chi connectivity index (χ3v) is 5.80. The molecule has 2 N–H and O–H groups in total. The standard InChI is InChI=1S/C23H20N6O2/c1-30-20-8-14(6-15(10-24)22(20)31-2)21-18-11-26-12-27-23(18)28-29(21)16-7-13-4-3-5-19(25)17(13)9-16/h3-6,8,11-12,16H,7,9,25H2,1-2H3. The molecule has 0 saturated heterocycles. The highest BCUT2D eigenvalue weighted by atomic mass is 16.5. The van der Waals surface area contributed by atoms with Crippen LogP contribution in [0, 0.1) is 11.3 Å². The number of methoxy groups -OCH3 is 2. The van der Waals surface area contributed by atoms with Crippen LogP contribution in [0.25, 0.3) is 22.3 Å². The van der Waals surface area contributed by atoms with Crippen LogP contribution in [0.15, 0.2) is 42.9 Å². The van der Waals surface area contributed by atoms with Gasteiger partial charge in [-0.2, -0.15) is 10.4 Å². The number of nitrogens with zero attached hydrogens (tertiary/aromatic N) is 5. The second-order valence-electron chi connectivity index (χ2n) is 7.47. The normalized spacial score (nSPS) is 14.9. The lowest BCUT2D eigenvalue weighted by molar-refractivity contribution is 0.354. The topological polar surface area (TPSA) is 112 Å². The van der Waals surface area contributed by atoms with Crippen LogP contribution >= 0.6 is 0 Å². The van der Waals surface area contributed by atoms with Crippen molar-refractivity contribution in [2.75, 3.05) is 20.0 Å². The molecule has 154 valence electrons. The number of aromatic nitrogens is 4. The molecule has 8 nitrogen and oxygen atoms in total. The van der Waals surface area contributed by atoms with Gasteiger partial charge in [0.1, 0.15) is 12.4 Å². The Morgan fingerprint density at radius 2 is 2.06 bits per heavy atom. The number of nitrogen functional groups attached to an aromatic ring is 1. The van der Waals surface area contributed by atoms with Crippen molar-refractivity contribution in [2.24, 2.45) is 0 Å². The Labute approximate surface area is 178 Å². The van der Waals surface area contributed by atoms with Crippen LogP contribution in [-0.4, -0.2) is 34.0 Å². The Hall–Kier alpha value is -4.12. The van der Waals surface area contributed by atoms with Gasteiger partial charge in [-0.3, -0.25) is 4.68 Å². The van der Waals surface area contributed by atoms with E-state index in [1.807, 2.05) is 22.9 Å². The van der Waals surface area contributed by atoms with Crippen LogP contribution in [0.2, 0.25) is 0 Å². The molecule has 2 heterocycles. The first kappa shape index (κ1) is 18.9. The van der Waals surface area contributed by atoms with Crippen LogP contribution in [0.3, 0.4) is 0 Å². The highest BCUT2D eigenvalue weighted by Gasteiger charge is 2.29. The summed E-state index contributed by atoms with van der Waals surface area (Å²) in [4.78, 5) is 8.56. The third-order valence-electron chi connectivity index (χ3n) is 5.80. The molecule has 2 aromatic carbocycles. The molecule has 0 spiro atoms. The van der Waals surface area contributed by atoms with Crippen LogP contribution < -0.4 is 15.2 Å². The van der Waals surface area contributed by atoms with E-state index in [-0.39, 0.29) is 6.04 Å². The SMILES string of the molecule is COc1cc(-c2c3cncnc3nn2C2Cc3cccc(N)c3C2)cc(C#N)c1OC. The van der Waals surface area contributed by atoms with Crippen molar-refractivity contribution in [1.82, 2.24) is 19.7 Å². The number of nitriles is 1. The molecule has 0 radical (unpaired) electrons. The highest BCUT2D eigenvalue weighted by Crippen LogP contribution is 2.41. The van der Waals surface area contributed by atoms with Gasteiger partial charge in [0.25, 0.3) is 0 Å². The summed E-state index contributed by atoms with van der Waals surface area (Å²) in [5.74, 6) is 0.884. The minimum atomic E-state index is 0.0718. The van der Waals surface area contributed by atoms with E-state index in [1.165, 1.54) is 19.0 Å². The molecule has 31 heavy (non-hydrogen) atoms. The smallest absolute Gasteiger partial charge is 0.184 e. The zero-order valence-corrected chi connectivity index (χ0v) is 17.2. The predicted molar refractivity (Wildman–Crippen MR) is 116 cm³/mol. The molecule has 0 fully saturated rings. The maximum absolute atomic E-state index is 9.69. The Kier molecular flexibility index (Phi) is 4.44. The van der Waals surface area contributed by atoms with Gasteiger partial charge in [0, 0.05) is 17.4 Å². The fraction of sp³-hybridized carbons (Fsp3) is 0.217. The van der Waals surface area contributed by atoms with E-state index >= 15 is 0 Å². The summed E-state index contributed by atoms with van der Waals surface area (Å²) in [7, 11) is 3.07. The van der Waals surface area contributed by atoms with E-state index in [0.29, 0.717) is 22.7 Å². The maximum Gasteiger partial charge on any atom is 0.184 e. The second kappa shape index (κ2) is 7.29. The van der Waals surface area contributed by atoms with Crippen molar-refractivity contribution < 1.29 is 9.47 Å². The van der Waals surface area contributed by atoms with Gasteiger partial charge < -0.3 is 15.2 Å². The average Bonchev–Trinajstić information content (AvgIpc) is 3.40. The van der Waals surface area contributed by atoms with Gasteiger partial charge in [-0.05, 0) is 42.2 Å². The van der Waals surface area contributed by atoms with Crippen molar-refractivity contribution in [3.63, 3.8) is 0 Å². The molecule has 4 aromatic rings. The molecule has 5 rings (SSSR count). The molecular weight excluding hydrogens is 392 g/mol. The zero-order chi connectivity index (χ0) is 21.5. The first-order valence-corrected chi connectivity index (χ1v) is 9.85. The number of hydrogen-bond donors (Lipinski definition) is 1. The minimum absolute atomic E-state index is 0.0718. The van der Waals surface area contributed by atoms with Gasteiger partial charge in [-0.25, -0.2) is 9.97 Å². The lowest BCUT2D eigenvalue weighted by atomic mass is 10.0. The van der Waals surface area contributed by atoms with Crippen molar-refractivity contribution in [3.8, 4) is 28.8 Å². The summed E-state index contributed by atoms with van der Waals surface area (Å²) >= 11 is 0. The predicted octanol–water partition coefficient (Wildman–Crippen LogP) is 3.30. The van der Waals surface area contributed by atoms with Crippen molar-refractivity contribution in [1.29, 1.82) is 5.26 Å². The zero-order valence-electron chi connectivity index (χ0n) is 17.2. The molecule has 1 atom stereocenters. The Balaban J connectivity index is 1.72. The van der Waals surface area contributed by atoms with Crippen LogP contribution in [0.1, 0.15) is 22.7 Å².